The maximum atomic E-state index is 12.0. The fourth-order valence-corrected chi connectivity index (χ4v) is 2.50. The number of pyridine rings is 2. The Morgan fingerprint density at radius 2 is 2.12 bits per heavy atom. The minimum absolute atomic E-state index is 0.203. The van der Waals surface area contributed by atoms with E-state index in [1.54, 1.807) is 36.4 Å². The van der Waals surface area contributed by atoms with Crippen LogP contribution >= 0.6 is 11.6 Å². The van der Waals surface area contributed by atoms with Crippen LogP contribution in [0.2, 0.25) is 5.02 Å². The third-order valence-corrected chi connectivity index (χ3v) is 4.00. The van der Waals surface area contributed by atoms with Gasteiger partial charge in [0.05, 0.1) is 19.0 Å². The Hall–Kier alpha value is -2.67. The van der Waals surface area contributed by atoms with Gasteiger partial charge in [0.2, 0.25) is 0 Å². The average Bonchev–Trinajstić information content (AvgIpc) is 3.05. The lowest BCUT2D eigenvalue weighted by molar-refractivity contribution is 0.405. The molecule has 3 aromatic rings. The Balaban J connectivity index is 1.94. The number of hydrogen-bond donors (Lipinski definition) is 0. The van der Waals surface area contributed by atoms with Gasteiger partial charge >= 0.3 is 0 Å². The number of nitrogens with zero attached hydrogens (tertiary/aromatic N) is 5. The summed E-state index contributed by atoms with van der Waals surface area (Å²) in [5.74, 6) is 0.684. The monoisotopic (exact) mass is 345 g/mol. The van der Waals surface area contributed by atoms with E-state index in [4.69, 9.17) is 16.3 Å². The summed E-state index contributed by atoms with van der Waals surface area (Å²) in [5.41, 5.74) is 2.04. The van der Waals surface area contributed by atoms with Crippen LogP contribution in [0.5, 0.6) is 5.75 Å². The van der Waals surface area contributed by atoms with Gasteiger partial charge in [-0.1, -0.05) is 16.8 Å². The van der Waals surface area contributed by atoms with E-state index in [0.29, 0.717) is 16.5 Å². The highest BCUT2D eigenvalue weighted by atomic mass is 35.5. The topological polar surface area (TPSA) is 74.8 Å². The minimum Gasteiger partial charge on any atom is -0.495 e. The lowest BCUT2D eigenvalue weighted by atomic mass is 10.2. The van der Waals surface area contributed by atoms with Crippen molar-refractivity contribution < 1.29 is 4.74 Å². The second kappa shape index (κ2) is 6.45. The van der Waals surface area contributed by atoms with Crippen molar-refractivity contribution >= 4 is 11.6 Å². The third kappa shape index (κ3) is 3.03. The molecule has 0 saturated carbocycles. The summed E-state index contributed by atoms with van der Waals surface area (Å²) in [5, 5.41) is 8.68. The van der Waals surface area contributed by atoms with Crippen molar-refractivity contribution in [3.63, 3.8) is 0 Å². The first kappa shape index (κ1) is 16.2. The molecule has 0 saturated heterocycles. The minimum atomic E-state index is -0.337. The summed E-state index contributed by atoms with van der Waals surface area (Å²) in [6.07, 6.45) is 4.77. The molecule has 3 rings (SSSR count). The molecule has 0 N–H and O–H groups in total. The van der Waals surface area contributed by atoms with Crippen LogP contribution in [0, 0.1) is 6.92 Å². The van der Waals surface area contributed by atoms with Crippen molar-refractivity contribution in [1.82, 2.24) is 24.5 Å². The summed E-state index contributed by atoms with van der Waals surface area (Å²) in [4.78, 5) is 16.3. The summed E-state index contributed by atoms with van der Waals surface area (Å²) in [7, 11) is 1.60. The second-order valence-electron chi connectivity index (χ2n) is 5.32. The van der Waals surface area contributed by atoms with E-state index in [-0.39, 0.29) is 11.7 Å². The highest BCUT2D eigenvalue weighted by molar-refractivity contribution is 6.30. The fraction of sp³-hybridized carbons (Fsp3) is 0.250. The Morgan fingerprint density at radius 3 is 2.83 bits per heavy atom. The first-order valence-corrected chi connectivity index (χ1v) is 7.68. The van der Waals surface area contributed by atoms with E-state index >= 15 is 0 Å². The zero-order valence-corrected chi connectivity index (χ0v) is 14.2. The van der Waals surface area contributed by atoms with Gasteiger partial charge in [-0.15, -0.1) is 5.10 Å². The van der Waals surface area contributed by atoms with Gasteiger partial charge < -0.3 is 4.74 Å². The molecule has 3 heterocycles. The number of hydrogen-bond acceptors (Lipinski definition) is 5. The van der Waals surface area contributed by atoms with Crippen molar-refractivity contribution in [2.45, 2.75) is 20.0 Å². The van der Waals surface area contributed by atoms with Crippen LogP contribution in [0.3, 0.4) is 0 Å². The van der Waals surface area contributed by atoms with Crippen LogP contribution in [0.4, 0.5) is 0 Å². The van der Waals surface area contributed by atoms with Crippen molar-refractivity contribution in [2.24, 2.45) is 0 Å². The predicted molar refractivity (Wildman–Crippen MR) is 90.4 cm³/mol. The maximum absolute atomic E-state index is 12.0. The first-order valence-electron chi connectivity index (χ1n) is 7.30. The quantitative estimate of drug-likeness (QED) is 0.726. The molecule has 0 aromatic carbocycles. The lowest BCUT2D eigenvalue weighted by Crippen LogP contribution is -2.26. The van der Waals surface area contributed by atoms with Crippen LogP contribution in [-0.4, -0.2) is 31.7 Å². The largest absolute Gasteiger partial charge is 0.495 e. The number of rotatable bonds is 4. The molecular weight excluding hydrogens is 330 g/mol. The van der Waals surface area contributed by atoms with Crippen molar-refractivity contribution in [3.8, 4) is 17.0 Å². The van der Waals surface area contributed by atoms with Crippen molar-refractivity contribution in [2.75, 3.05) is 7.11 Å². The van der Waals surface area contributed by atoms with Gasteiger partial charge in [-0.2, -0.15) is 0 Å². The molecule has 0 aliphatic carbocycles. The van der Waals surface area contributed by atoms with Crippen LogP contribution in [-0.2, 0) is 0 Å². The summed E-state index contributed by atoms with van der Waals surface area (Å²) >= 11 is 5.83. The maximum Gasteiger partial charge on any atom is 0.253 e. The smallest absolute Gasteiger partial charge is 0.253 e. The van der Waals surface area contributed by atoms with Crippen LogP contribution < -0.4 is 10.3 Å². The third-order valence-electron chi connectivity index (χ3n) is 3.76. The van der Waals surface area contributed by atoms with Crippen LogP contribution in [0.1, 0.15) is 18.8 Å². The van der Waals surface area contributed by atoms with Gasteiger partial charge in [-0.25, -0.2) is 4.68 Å². The van der Waals surface area contributed by atoms with Gasteiger partial charge in [0.25, 0.3) is 5.56 Å². The van der Waals surface area contributed by atoms with E-state index in [1.807, 2.05) is 19.9 Å². The molecule has 0 aliphatic rings. The Labute approximate surface area is 143 Å². The summed E-state index contributed by atoms with van der Waals surface area (Å²) in [6.45, 7) is 3.72. The molecule has 1 unspecified atom stereocenters. The van der Waals surface area contributed by atoms with Crippen molar-refractivity contribution in [1.29, 1.82) is 0 Å². The summed E-state index contributed by atoms with van der Waals surface area (Å²) in [6, 6.07) is 4.88. The van der Waals surface area contributed by atoms with Gasteiger partial charge in [0, 0.05) is 29.0 Å². The molecule has 3 aromatic heterocycles. The zero-order valence-electron chi connectivity index (χ0n) is 13.5. The molecule has 0 aliphatic heterocycles. The Morgan fingerprint density at radius 1 is 1.33 bits per heavy atom. The number of aryl methyl sites for hydroxylation is 1. The number of halogens is 1. The fourth-order valence-electron chi connectivity index (χ4n) is 2.35. The molecule has 24 heavy (non-hydrogen) atoms. The van der Waals surface area contributed by atoms with Crippen LogP contribution in [0.15, 0.2) is 41.6 Å². The standard InChI is InChI=1S/C16H16ClN5O2/c1-10-15(24-3)6-12(8-18-10)14-9-22(20-19-14)11(2)21-5-4-13(17)7-16(21)23/h4-9,11H,1-3H3. The molecule has 0 spiro atoms. The molecule has 0 bridgehead atoms. The molecule has 0 fully saturated rings. The molecule has 0 radical (unpaired) electrons. The normalized spacial score (nSPS) is 12.2. The van der Waals surface area contributed by atoms with E-state index in [0.717, 1.165) is 11.3 Å². The molecular formula is C16H16ClN5O2. The predicted octanol–water partition coefficient (Wildman–Crippen LogP) is 2.54. The summed E-state index contributed by atoms with van der Waals surface area (Å²) < 4.78 is 8.42. The Bertz CT molecular complexity index is 934. The van der Waals surface area contributed by atoms with Gasteiger partial charge in [0.15, 0.2) is 0 Å². The first-order chi connectivity index (χ1) is 11.5. The van der Waals surface area contributed by atoms with Gasteiger partial charge in [-0.05, 0) is 26.0 Å². The lowest BCUT2D eigenvalue weighted by Gasteiger charge is -2.14. The molecule has 7 nitrogen and oxygen atoms in total. The van der Waals surface area contributed by atoms with Crippen molar-refractivity contribution in [3.05, 3.63) is 57.9 Å². The van der Waals surface area contributed by atoms with E-state index < -0.39 is 0 Å². The van der Waals surface area contributed by atoms with Gasteiger partial charge in [-0.3, -0.25) is 14.3 Å². The molecule has 8 heteroatoms. The SMILES string of the molecule is COc1cc(-c2cn(C(C)n3ccc(Cl)cc3=O)nn2)cnc1C. The molecule has 0 amide bonds. The van der Waals surface area contributed by atoms with E-state index in [9.17, 15) is 4.79 Å². The second-order valence-corrected chi connectivity index (χ2v) is 5.75. The van der Waals surface area contributed by atoms with Gasteiger partial charge in [0.1, 0.15) is 17.6 Å². The highest BCUT2D eigenvalue weighted by Gasteiger charge is 2.13. The average molecular weight is 346 g/mol. The highest BCUT2D eigenvalue weighted by Crippen LogP contribution is 2.24. The number of aromatic nitrogens is 5. The van der Waals surface area contributed by atoms with Crippen LogP contribution in [0.25, 0.3) is 11.3 Å². The van der Waals surface area contributed by atoms with E-state index in [2.05, 4.69) is 15.3 Å². The zero-order chi connectivity index (χ0) is 17.3. The Kier molecular flexibility index (Phi) is 4.35. The molecule has 1 atom stereocenters. The van der Waals surface area contributed by atoms with E-state index in [1.165, 1.54) is 10.6 Å². The number of methoxy groups -OCH3 is 1. The molecule has 124 valence electrons. The number of ether oxygens (including phenoxy) is 1.